The van der Waals surface area contributed by atoms with E-state index in [1.807, 2.05) is 25.1 Å². The molecule has 2 aromatic rings. The van der Waals surface area contributed by atoms with Crippen LogP contribution in [0.2, 0.25) is 0 Å². The zero-order valence-electron chi connectivity index (χ0n) is 15.1. The van der Waals surface area contributed by atoms with Gasteiger partial charge in [0.1, 0.15) is 0 Å². The third-order valence-corrected chi connectivity index (χ3v) is 4.01. The monoisotopic (exact) mass is 357 g/mol. The summed E-state index contributed by atoms with van der Waals surface area (Å²) >= 11 is 0. The number of hydrogen-bond donors (Lipinski definition) is 2. The van der Waals surface area contributed by atoms with E-state index in [-0.39, 0.29) is 17.4 Å². The van der Waals surface area contributed by atoms with Gasteiger partial charge in [0.15, 0.2) is 11.5 Å². The number of carboxylic acid groups (broad SMARTS) is 1. The number of carbonyl (C=O) groups is 2. The van der Waals surface area contributed by atoms with Gasteiger partial charge in [0.2, 0.25) is 0 Å². The topological polar surface area (TPSA) is 84.9 Å². The first-order valence-corrected chi connectivity index (χ1v) is 8.27. The molecule has 0 aliphatic carbocycles. The van der Waals surface area contributed by atoms with Crippen molar-refractivity contribution in [3.05, 3.63) is 59.2 Å². The molecule has 6 heteroatoms. The van der Waals surface area contributed by atoms with Gasteiger partial charge >= 0.3 is 5.97 Å². The molecule has 2 rings (SSSR count). The van der Waals surface area contributed by atoms with E-state index in [0.717, 1.165) is 12.0 Å². The number of carboxylic acids is 1. The maximum atomic E-state index is 12.2. The average Bonchev–Trinajstić information content (AvgIpc) is 2.66. The number of nitrogens with one attached hydrogen (secondary N) is 1. The Morgan fingerprint density at radius 1 is 1.04 bits per heavy atom. The van der Waals surface area contributed by atoms with E-state index in [4.69, 9.17) is 14.6 Å². The van der Waals surface area contributed by atoms with Crippen molar-refractivity contribution in [3.63, 3.8) is 0 Å². The molecule has 0 aromatic heterocycles. The van der Waals surface area contributed by atoms with E-state index in [1.165, 1.54) is 12.1 Å². The Bertz CT molecular complexity index is 788. The number of ether oxygens (including phenoxy) is 2. The summed E-state index contributed by atoms with van der Waals surface area (Å²) in [6.45, 7) is 2.51. The summed E-state index contributed by atoms with van der Waals surface area (Å²) in [6.07, 6.45) is 0.760. The molecule has 0 saturated heterocycles. The zero-order valence-corrected chi connectivity index (χ0v) is 15.1. The molecular weight excluding hydrogens is 334 g/mol. The van der Waals surface area contributed by atoms with Gasteiger partial charge in [-0.3, -0.25) is 4.79 Å². The fraction of sp³-hybridized carbons (Fsp3) is 0.300. The molecule has 1 unspecified atom stereocenters. The lowest BCUT2D eigenvalue weighted by atomic mass is 10.0. The Hall–Kier alpha value is -3.02. The van der Waals surface area contributed by atoms with Crippen molar-refractivity contribution in [2.75, 3.05) is 20.8 Å². The summed E-state index contributed by atoms with van der Waals surface area (Å²) in [4.78, 5) is 23.2. The van der Waals surface area contributed by atoms with Crippen LogP contribution in [0.15, 0.2) is 42.5 Å². The van der Waals surface area contributed by atoms with Crippen LogP contribution in [0, 0.1) is 5.92 Å². The second-order valence-corrected chi connectivity index (χ2v) is 6.09. The summed E-state index contributed by atoms with van der Waals surface area (Å²) in [5, 5.41) is 11.9. The first kappa shape index (κ1) is 19.3. The minimum atomic E-state index is -1.05. The quantitative estimate of drug-likeness (QED) is 0.759. The number of amides is 1. The Morgan fingerprint density at radius 2 is 1.73 bits per heavy atom. The van der Waals surface area contributed by atoms with E-state index in [1.54, 1.807) is 26.4 Å². The summed E-state index contributed by atoms with van der Waals surface area (Å²) in [7, 11) is 3.19. The third kappa shape index (κ3) is 4.99. The molecule has 138 valence electrons. The third-order valence-electron chi connectivity index (χ3n) is 4.01. The predicted molar refractivity (Wildman–Crippen MR) is 98.1 cm³/mol. The highest BCUT2D eigenvalue weighted by molar-refractivity contribution is 5.97. The van der Waals surface area contributed by atoms with Crippen molar-refractivity contribution in [1.29, 1.82) is 0 Å². The fourth-order valence-electron chi connectivity index (χ4n) is 2.64. The van der Waals surface area contributed by atoms with Gasteiger partial charge in [0, 0.05) is 12.1 Å². The molecule has 2 aromatic carbocycles. The van der Waals surface area contributed by atoms with Crippen LogP contribution in [0.3, 0.4) is 0 Å². The minimum absolute atomic E-state index is 0.0935. The molecule has 26 heavy (non-hydrogen) atoms. The van der Waals surface area contributed by atoms with Crippen molar-refractivity contribution in [3.8, 4) is 11.5 Å². The summed E-state index contributed by atoms with van der Waals surface area (Å²) in [5.74, 6) is 0.204. The molecular formula is C20H23NO5. The van der Waals surface area contributed by atoms with E-state index >= 15 is 0 Å². The summed E-state index contributed by atoms with van der Waals surface area (Å²) in [6, 6.07) is 11.7. The van der Waals surface area contributed by atoms with Crippen LogP contribution in [-0.4, -0.2) is 37.7 Å². The highest BCUT2D eigenvalue weighted by Gasteiger charge is 2.12. The lowest BCUT2D eigenvalue weighted by Crippen LogP contribution is -2.29. The van der Waals surface area contributed by atoms with Crippen LogP contribution in [-0.2, 0) is 6.42 Å². The Balaban J connectivity index is 1.94. The molecule has 2 N–H and O–H groups in total. The molecule has 0 heterocycles. The highest BCUT2D eigenvalue weighted by Crippen LogP contribution is 2.28. The van der Waals surface area contributed by atoms with Crippen LogP contribution >= 0.6 is 0 Å². The molecule has 0 fully saturated rings. The first-order chi connectivity index (χ1) is 12.4. The average molecular weight is 357 g/mol. The van der Waals surface area contributed by atoms with Crippen molar-refractivity contribution in [1.82, 2.24) is 5.32 Å². The molecule has 0 bridgehead atoms. The van der Waals surface area contributed by atoms with Gasteiger partial charge in [-0.1, -0.05) is 19.1 Å². The standard InChI is InChI=1S/C20H23NO5/c1-13(9-14-7-8-17(25-2)18(10-14)26-3)12-21-19(22)15-5-4-6-16(11-15)20(23)24/h4-8,10-11,13H,9,12H2,1-3H3,(H,21,22)(H,23,24). The van der Waals surface area contributed by atoms with Gasteiger partial charge in [-0.15, -0.1) is 0 Å². The molecule has 0 aliphatic heterocycles. The summed E-state index contributed by atoms with van der Waals surface area (Å²) in [5.41, 5.74) is 1.51. The Labute approximate surface area is 152 Å². The van der Waals surface area contributed by atoms with Gasteiger partial charge < -0.3 is 19.9 Å². The SMILES string of the molecule is COc1ccc(CC(C)CNC(=O)c2cccc(C(=O)O)c2)cc1OC. The van der Waals surface area contributed by atoms with E-state index in [0.29, 0.717) is 23.6 Å². The normalized spacial score (nSPS) is 11.5. The van der Waals surface area contributed by atoms with Gasteiger partial charge in [0.05, 0.1) is 19.8 Å². The van der Waals surface area contributed by atoms with Crippen molar-refractivity contribution in [2.24, 2.45) is 5.92 Å². The number of aromatic carboxylic acids is 1. The molecule has 6 nitrogen and oxygen atoms in total. The molecule has 1 atom stereocenters. The van der Waals surface area contributed by atoms with Crippen LogP contribution in [0.5, 0.6) is 11.5 Å². The molecule has 0 saturated carbocycles. The van der Waals surface area contributed by atoms with Gasteiger partial charge in [-0.2, -0.15) is 0 Å². The van der Waals surface area contributed by atoms with Crippen LogP contribution in [0.1, 0.15) is 33.2 Å². The minimum Gasteiger partial charge on any atom is -0.493 e. The number of carbonyl (C=O) groups excluding carboxylic acids is 1. The lowest BCUT2D eigenvalue weighted by molar-refractivity contribution is 0.0697. The maximum absolute atomic E-state index is 12.2. The van der Waals surface area contributed by atoms with Gasteiger partial charge in [0.25, 0.3) is 5.91 Å². The number of benzene rings is 2. The lowest BCUT2D eigenvalue weighted by Gasteiger charge is -2.15. The van der Waals surface area contributed by atoms with Crippen molar-refractivity contribution < 1.29 is 24.2 Å². The smallest absolute Gasteiger partial charge is 0.335 e. The number of methoxy groups -OCH3 is 2. The number of hydrogen-bond acceptors (Lipinski definition) is 4. The highest BCUT2D eigenvalue weighted by atomic mass is 16.5. The second kappa shape index (κ2) is 8.89. The molecule has 0 spiro atoms. The van der Waals surface area contributed by atoms with Crippen LogP contribution in [0.25, 0.3) is 0 Å². The van der Waals surface area contributed by atoms with Gasteiger partial charge in [-0.25, -0.2) is 4.79 Å². The van der Waals surface area contributed by atoms with Crippen molar-refractivity contribution >= 4 is 11.9 Å². The zero-order chi connectivity index (χ0) is 19.1. The van der Waals surface area contributed by atoms with Crippen LogP contribution < -0.4 is 14.8 Å². The van der Waals surface area contributed by atoms with E-state index in [9.17, 15) is 9.59 Å². The summed E-state index contributed by atoms with van der Waals surface area (Å²) < 4.78 is 10.5. The Morgan fingerprint density at radius 3 is 2.38 bits per heavy atom. The molecule has 0 aliphatic rings. The number of rotatable bonds is 8. The van der Waals surface area contributed by atoms with Crippen molar-refractivity contribution in [2.45, 2.75) is 13.3 Å². The predicted octanol–water partition coefficient (Wildman–Crippen LogP) is 3.01. The molecule has 1 amide bonds. The fourth-order valence-corrected chi connectivity index (χ4v) is 2.64. The van der Waals surface area contributed by atoms with E-state index < -0.39 is 5.97 Å². The van der Waals surface area contributed by atoms with Crippen LogP contribution in [0.4, 0.5) is 0 Å². The largest absolute Gasteiger partial charge is 0.493 e. The molecule has 0 radical (unpaired) electrons. The second-order valence-electron chi connectivity index (χ2n) is 6.09. The maximum Gasteiger partial charge on any atom is 0.335 e. The first-order valence-electron chi connectivity index (χ1n) is 8.27. The Kier molecular flexibility index (Phi) is 6.60. The van der Waals surface area contributed by atoms with E-state index in [2.05, 4.69) is 5.32 Å². The van der Waals surface area contributed by atoms with Gasteiger partial charge in [-0.05, 0) is 48.2 Å².